The van der Waals surface area contributed by atoms with Crippen molar-refractivity contribution in [3.8, 4) is 5.75 Å². The molecule has 0 atom stereocenters. The third-order valence-corrected chi connectivity index (χ3v) is 5.10. The summed E-state index contributed by atoms with van der Waals surface area (Å²) in [5.74, 6) is 0.570. The number of nitrogens with one attached hydrogen (secondary N) is 1. The Hall–Kier alpha value is -2.44. The van der Waals surface area contributed by atoms with Crippen molar-refractivity contribution in [2.24, 2.45) is 0 Å². The van der Waals surface area contributed by atoms with E-state index in [2.05, 4.69) is 33.3 Å². The Labute approximate surface area is 158 Å². The van der Waals surface area contributed by atoms with Crippen molar-refractivity contribution in [2.75, 3.05) is 44.6 Å². The number of fused-ring (bicyclic) bond motifs is 1. The maximum Gasteiger partial charge on any atom is 0.238 e. The average Bonchev–Trinajstić information content (AvgIpc) is 3.11. The number of anilines is 1. The summed E-state index contributed by atoms with van der Waals surface area (Å²) in [4.78, 5) is 16.7. The number of ether oxygens (including phenoxy) is 1. The summed E-state index contributed by atoms with van der Waals surface area (Å²) in [7, 11) is 0. The molecule has 2 aliphatic rings. The van der Waals surface area contributed by atoms with Gasteiger partial charge in [0.25, 0.3) is 0 Å². The molecule has 1 fully saturated rings. The van der Waals surface area contributed by atoms with Crippen molar-refractivity contribution in [3.05, 3.63) is 59.4 Å². The van der Waals surface area contributed by atoms with E-state index in [9.17, 15) is 9.18 Å². The summed E-state index contributed by atoms with van der Waals surface area (Å²) in [5, 5.41) is 2.76. The molecule has 2 aromatic rings. The van der Waals surface area contributed by atoms with Crippen LogP contribution in [0.3, 0.4) is 0 Å². The Morgan fingerprint density at radius 2 is 1.89 bits per heavy atom. The van der Waals surface area contributed by atoms with Gasteiger partial charge in [-0.05, 0) is 35.4 Å². The molecule has 2 heterocycles. The van der Waals surface area contributed by atoms with Gasteiger partial charge in [-0.2, -0.15) is 0 Å². The van der Waals surface area contributed by atoms with E-state index in [4.69, 9.17) is 4.74 Å². The van der Waals surface area contributed by atoms with Crippen molar-refractivity contribution in [2.45, 2.75) is 13.0 Å². The molecule has 5 nitrogen and oxygen atoms in total. The monoisotopic (exact) mass is 369 g/mol. The Balaban J connectivity index is 1.23. The first kappa shape index (κ1) is 17.9. The van der Waals surface area contributed by atoms with Crippen LogP contribution in [0.5, 0.6) is 5.75 Å². The molecule has 0 aromatic heterocycles. The molecule has 4 rings (SSSR count). The molecule has 142 valence electrons. The second kappa shape index (κ2) is 8.06. The fourth-order valence-electron chi connectivity index (χ4n) is 3.67. The summed E-state index contributed by atoms with van der Waals surface area (Å²) in [6.45, 7) is 5.61. The number of hydrogen-bond donors (Lipinski definition) is 1. The second-order valence-electron chi connectivity index (χ2n) is 7.15. The van der Waals surface area contributed by atoms with Crippen LogP contribution in [0.4, 0.5) is 10.1 Å². The molecule has 1 saturated heterocycles. The van der Waals surface area contributed by atoms with Crippen LogP contribution in [0, 0.1) is 5.82 Å². The molecular weight excluding hydrogens is 345 g/mol. The van der Waals surface area contributed by atoms with E-state index in [-0.39, 0.29) is 11.7 Å². The lowest BCUT2D eigenvalue weighted by Gasteiger charge is -2.34. The van der Waals surface area contributed by atoms with Gasteiger partial charge in [0.1, 0.15) is 11.6 Å². The molecule has 27 heavy (non-hydrogen) atoms. The highest BCUT2D eigenvalue weighted by Gasteiger charge is 2.20. The molecular formula is C21H24FN3O2. The lowest BCUT2D eigenvalue weighted by molar-refractivity contribution is -0.117. The van der Waals surface area contributed by atoms with E-state index in [0.29, 0.717) is 12.2 Å². The zero-order chi connectivity index (χ0) is 18.6. The topological polar surface area (TPSA) is 44.8 Å². The number of carbonyl (C=O) groups is 1. The van der Waals surface area contributed by atoms with Gasteiger partial charge in [-0.1, -0.05) is 18.2 Å². The van der Waals surface area contributed by atoms with Gasteiger partial charge in [-0.3, -0.25) is 14.6 Å². The molecule has 0 saturated carbocycles. The third kappa shape index (κ3) is 4.64. The second-order valence-corrected chi connectivity index (χ2v) is 7.15. The van der Waals surface area contributed by atoms with Crippen LogP contribution in [0.25, 0.3) is 0 Å². The maximum atomic E-state index is 13.2. The van der Waals surface area contributed by atoms with E-state index >= 15 is 0 Å². The number of piperazine rings is 1. The first-order valence-corrected chi connectivity index (χ1v) is 9.40. The predicted molar refractivity (Wildman–Crippen MR) is 102 cm³/mol. The van der Waals surface area contributed by atoms with E-state index < -0.39 is 0 Å². The molecule has 0 aliphatic carbocycles. The van der Waals surface area contributed by atoms with Crippen LogP contribution < -0.4 is 10.1 Å². The number of nitrogens with zero attached hydrogens (tertiary/aromatic N) is 2. The minimum absolute atomic E-state index is 0.104. The molecule has 2 aliphatic heterocycles. The summed E-state index contributed by atoms with van der Waals surface area (Å²) >= 11 is 0. The number of halogens is 1. The quantitative estimate of drug-likeness (QED) is 0.880. The molecule has 0 bridgehead atoms. The zero-order valence-electron chi connectivity index (χ0n) is 15.3. The van der Waals surface area contributed by atoms with Gasteiger partial charge in [0, 0.05) is 44.8 Å². The highest BCUT2D eigenvalue weighted by Crippen LogP contribution is 2.26. The highest BCUT2D eigenvalue weighted by atomic mass is 19.1. The Kier molecular flexibility index (Phi) is 5.36. The van der Waals surface area contributed by atoms with Crippen molar-refractivity contribution in [1.29, 1.82) is 0 Å². The lowest BCUT2D eigenvalue weighted by atomic mass is 10.1. The summed E-state index contributed by atoms with van der Waals surface area (Å²) in [6.07, 6.45) is 0.997. The Morgan fingerprint density at radius 3 is 2.70 bits per heavy atom. The van der Waals surface area contributed by atoms with Gasteiger partial charge >= 0.3 is 0 Å². The van der Waals surface area contributed by atoms with Crippen LogP contribution in [-0.2, 0) is 17.8 Å². The highest BCUT2D eigenvalue weighted by molar-refractivity contribution is 5.92. The number of benzene rings is 2. The number of amides is 1. The third-order valence-electron chi connectivity index (χ3n) is 5.10. The number of rotatable bonds is 5. The van der Waals surface area contributed by atoms with E-state index in [1.54, 1.807) is 12.1 Å². The van der Waals surface area contributed by atoms with Crippen molar-refractivity contribution >= 4 is 11.6 Å². The molecule has 6 heteroatoms. The molecule has 0 spiro atoms. The van der Waals surface area contributed by atoms with Gasteiger partial charge < -0.3 is 10.1 Å². The normalized spacial score (nSPS) is 17.4. The largest absolute Gasteiger partial charge is 0.493 e. The van der Waals surface area contributed by atoms with Crippen LogP contribution in [-0.4, -0.2) is 55.0 Å². The maximum absolute atomic E-state index is 13.2. The lowest BCUT2D eigenvalue weighted by Crippen LogP contribution is -2.48. The van der Waals surface area contributed by atoms with Gasteiger partial charge in [0.05, 0.1) is 13.2 Å². The minimum Gasteiger partial charge on any atom is -0.493 e. The van der Waals surface area contributed by atoms with Gasteiger partial charge in [-0.25, -0.2) is 4.39 Å². The van der Waals surface area contributed by atoms with E-state index in [1.165, 1.54) is 23.3 Å². The average molecular weight is 369 g/mol. The van der Waals surface area contributed by atoms with Crippen LogP contribution >= 0.6 is 0 Å². The number of carbonyl (C=O) groups excluding carboxylic acids is 1. The minimum atomic E-state index is -0.348. The van der Waals surface area contributed by atoms with Crippen LogP contribution in [0.15, 0.2) is 42.5 Å². The van der Waals surface area contributed by atoms with Crippen molar-refractivity contribution in [1.82, 2.24) is 9.80 Å². The van der Waals surface area contributed by atoms with E-state index in [0.717, 1.165) is 51.5 Å². The standard InChI is InChI=1S/C21H24FN3O2/c22-18-2-1-3-19(13-18)23-21(26)15-25-9-7-24(8-10-25)14-16-4-5-20-17(12-16)6-11-27-20/h1-5,12-13H,6-11,14-15H2,(H,23,26). The van der Waals surface area contributed by atoms with Gasteiger partial charge in [0.2, 0.25) is 5.91 Å². The number of hydrogen-bond acceptors (Lipinski definition) is 4. The summed E-state index contributed by atoms with van der Waals surface area (Å²) < 4.78 is 18.8. The molecule has 1 amide bonds. The Bertz CT molecular complexity index is 819. The molecule has 1 N–H and O–H groups in total. The zero-order valence-corrected chi connectivity index (χ0v) is 15.3. The van der Waals surface area contributed by atoms with Crippen LogP contribution in [0.1, 0.15) is 11.1 Å². The fraction of sp³-hybridized carbons (Fsp3) is 0.381. The fourth-order valence-corrected chi connectivity index (χ4v) is 3.67. The van der Waals surface area contributed by atoms with Gasteiger partial charge in [0.15, 0.2) is 0 Å². The molecule has 2 aromatic carbocycles. The molecule has 0 unspecified atom stereocenters. The first-order valence-electron chi connectivity index (χ1n) is 9.40. The van der Waals surface area contributed by atoms with Crippen LogP contribution in [0.2, 0.25) is 0 Å². The molecule has 0 radical (unpaired) electrons. The van der Waals surface area contributed by atoms with Crippen molar-refractivity contribution < 1.29 is 13.9 Å². The van der Waals surface area contributed by atoms with Gasteiger partial charge in [-0.15, -0.1) is 0 Å². The van der Waals surface area contributed by atoms with Crippen molar-refractivity contribution in [3.63, 3.8) is 0 Å². The smallest absolute Gasteiger partial charge is 0.238 e. The van der Waals surface area contributed by atoms with E-state index in [1.807, 2.05) is 0 Å². The summed E-state index contributed by atoms with van der Waals surface area (Å²) in [5.41, 5.74) is 3.12. The first-order chi connectivity index (χ1) is 13.2. The predicted octanol–water partition coefficient (Wildman–Crippen LogP) is 2.52. The SMILES string of the molecule is O=C(CN1CCN(Cc2ccc3c(c2)CCO3)CC1)Nc1cccc(F)c1. The summed E-state index contributed by atoms with van der Waals surface area (Å²) in [6, 6.07) is 12.4. The Morgan fingerprint density at radius 1 is 1.07 bits per heavy atom.